The molecule has 3 aromatic rings. The molecule has 0 fully saturated rings. The lowest BCUT2D eigenvalue weighted by Gasteiger charge is -2.28. The summed E-state index contributed by atoms with van der Waals surface area (Å²) in [6.07, 6.45) is -0.900. The van der Waals surface area contributed by atoms with Crippen LogP contribution in [-0.2, 0) is 11.4 Å². The van der Waals surface area contributed by atoms with Gasteiger partial charge in [0.05, 0.1) is 12.1 Å². The van der Waals surface area contributed by atoms with Crippen molar-refractivity contribution in [2.75, 3.05) is 13.9 Å². The Labute approximate surface area is 194 Å². The van der Waals surface area contributed by atoms with E-state index in [0.717, 1.165) is 11.3 Å². The van der Waals surface area contributed by atoms with Gasteiger partial charge >= 0.3 is 5.97 Å². The Morgan fingerprint density at radius 1 is 1.00 bits per heavy atom. The molecule has 0 saturated heterocycles. The minimum Gasteiger partial charge on any atom is -0.497 e. The Hall–Kier alpha value is -3.84. The number of benzene rings is 3. The standard InChI is InChI=1S/C25H19ClO7/c1-29-16-5-2-14(3-6-16)12-30-17-7-9-19-18(11-17)23(26)22(25(27)28)24(33-19)15-4-8-20-21(10-15)32-13-31-20/h2-11,24H,12-13H2,1H3,(H,27,28). The highest BCUT2D eigenvalue weighted by molar-refractivity contribution is 6.51. The zero-order valence-corrected chi connectivity index (χ0v) is 18.3. The fourth-order valence-corrected chi connectivity index (χ4v) is 4.05. The molecule has 3 aromatic carbocycles. The van der Waals surface area contributed by atoms with Crippen LogP contribution in [0.5, 0.6) is 28.7 Å². The normalized spacial score (nSPS) is 16.1. The van der Waals surface area contributed by atoms with Gasteiger partial charge in [-0.1, -0.05) is 29.8 Å². The molecule has 2 heterocycles. The number of fused-ring (bicyclic) bond motifs is 2. The molecular formula is C25H19ClO7. The number of aliphatic carboxylic acids is 1. The maximum atomic E-state index is 12.1. The molecule has 5 rings (SSSR count). The second-order valence-electron chi connectivity index (χ2n) is 7.44. The van der Waals surface area contributed by atoms with E-state index in [1.165, 1.54) is 0 Å². The van der Waals surface area contributed by atoms with Crippen molar-refractivity contribution in [1.82, 2.24) is 0 Å². The molecule has 0 amide bonds. The number of hydrogen-bond donors (Lipinski definition) is 1. The molecule has 0 saturated carbocycles. The highest BCUT2D eigenvalue weighted by atomic mass is 35.5. The molecule has 0 bridgehead atoms. The van der Waals surface area contributed by atoms with Gasteiger partial charge in [0.15, 0.2) is 17.6 Å². The SMILES string of the molecule is COc1ccc(COc2ccc3c(c2)C(Cl)=C(C(=O)O)C(c2ccc4c(c2)OCO4)O3)cc1. The molecule has 0 radical (unpaired) electrons. The number of methoxy groups -OCH3 is 1. The Balaban J connectivity index is 1.43. The van der Waals surface area contributed by atoms with Crippen LogP contribution in [0.1, 0.15) is 22.8 Å². The zero-order valence-electron chi connectivity index (χ0n) is 17.5. The largest absolute Gasteiger partial charge is 0.497 e. The number of rotatable bonds is 6. The number of carbonyl (C=O) groups is 1. The molecule has 1 N–H and O–H groups in total. The van der Waals surface area contributed by atoms with Gasteiger partial charge in [-0.3, -0.25) is 0 Å². The van der Waals surface area contributed by atoms with E-state index in [4.69, 9.17) is 35.3 Å². The van der Waals surface area contributed by atoms with Crippen molar-refractivity contribution in [2.45, 2.75) is 12.7 Å². The van der Waals surface area contributed by atoms with Gasteiger partial charge in [0, 0.05) is 11.1 Å². The van der Waals surface area contributed by atoms with Crippen LogP contribution in [0.25, 0.3) is 5.03 Å². The van der Waals surface area contributed by atoms with Crippen LogP contribution in [0.4, 0.5) is 0 Å². The van der Waals surface area contributed by atoms with E-state index in [1.807, 2.05) is 24.3 Å². The van der Waals surface area contributed by atoms with Crippen molar-refractivity contribution in [3.05, 3.63) is 82.9 Å². The lowest BCUT2D eigenvalue weighted by atomic mass is 9.95. The van der Waals surface area contributed by atoms with Gasteiger partial charge < -0.3 is 28.8 Å². The van der Waals surface area contributed by atoms with Crippen molar-refractivity contribution in [1.29, 1.82) is 0 Å². The van der Waals surface area contributed by atoms with E-state index in [-0.39, 0.29) is 17.4 Å². The van der Waals surface area contributed by atoms with E-state index in [2.05, 4.69) is 0 Å². The summed E-state index contributed by atoms with van der Waals surface area (Å²) in [6.45, 7) is 0.450. The number of halogens is 1. The minimum atomic E-state index is -1.17. The third-order valence-corrected chi connectivity index (χ3v) is 5.83. The monoisotopic (exact) mass is 466 g/mol. The lowest BCUT2D eigenvalue weighted by Crippen LogP contribution is -2.21. The highest BCUT2D eigenvalue weighted by Crippen LogP contribution is 2.46. The van der Waals surface area contributed by atoms with Gasteiger partial charge in [-0.2, -0.15) is 0 Å². The quantitative estimate of drug-likeness (QED) is 0.536. The summed E-state index contributed by atoms with van der Waals surface area (Å²) in [5, 5.41) is 10.0. The predicted molar refractivity (Wildman–Crippen MR) is 120 cm³/mol. The maximum absolute atomic E-state index is 12.1. The van der Waals surface area contributed by atoms with Crippen molar-refractivity contribution >= 4 is 22.6 Å². The third kappa shape index (κ3) is 4.03. The summed E-state index contributed by atoms with van der Waals surface area (Å²) in [7, 11) is 1.61. The van der Waals surface area contributed by atoms with Crippen molar-refractivity contribution in [2.24, 2.45) is 0 Å². The molecular weight excluding hydrogens is 448 g/mol. The Kier molecular flexibility index (Phi) is 5.48. The molecule has 2 aliphatic heterocycles. The summed E-state index contributed by atoms with van der Waals surface area (Å²) in [5.74, 6) is 1.73. The highest BCUT2D eigenvalue weighted by Gasteiger charge is 2.35. The van der Waals surface area contributed by atoms with Crippen LogP contribution in [-0.4, -0.2) is 25.0 Å². The fraction of sp³-hybridized carbons (Fsp3) is 0.160. The number of carboxylic acid groups (broad SMARTS) is 1. The topological polar surface area (TPSA) is 83.5 Å². The van der Waals surface area contributed by atoms with E-state index < -0.39 is 12.1 Å². The molecule has 2 aliphatic rings. The molecule has 0 aromatic heterocycles. The van der Waals surface area contributed by atoms with Gasteiger partial charge in [-0.15, -0.1) is 0 Å². The van der Waals surface area contributed by atoms with Crippen molar-refractivity contribution < 1.29 is 33.6 Å². The van der Waals surface area contributed by atoms with Gasteiger partial charge in [-0.05, 0) is 48.0 Å². The van der Waals surface area contributed by atoms with E-state index in [1.54, 1.807) is 43.5 Å². The fourth-order valence-electron chi connectivity index (χ4n) is 3.72. The molecule has 168 valence electrons. The Bertz CT molecular complexity index is 1250. The Morgan fingerprint density at radius 3 is 2.48 bits per heavy atom. The molecule has 33 heavy (non-hydrogen) atoms. The first-order valence-electron chi connectivity index (χ1n) is 10.1. The number of ether oxygens (including phenoxy) is 5. The first kappa shape index (κ1) is 21.0. The summed E-state index contributed by atoms with van der Waals surface area (Å²) < 4.78 is 27.9. The van der Waals surface area contributed by atoms with Crippen LogP contribution in [0.15, 0.2) is 66.2 Å². The van der Waals surface area contributed by atoms with Crippen LogP contribution < -0.4 is 23.7 Å². The van der Waals surface area contributed by atoms with E-state index in [9.17, 15) is 9.90 Å². The lowest BCUT2D eigenvalue weighted by molar-refractivity contribution is -0.133. The summed E-state index contributed by atoms with van der Waals surface area (Å²) in [4.78, 5) is 12.1. The first-order chi connectivity index (χ1) is 16.0. The smallest absolute Gasteiger partial charge is 0.337 e. The third-order valence-electron chi connectivity index (χ3n) is 5.43. The van der Waals surface area contributed by atoms with Gasteiger partial charge in [0.2, 0.25) is 6.79 Å². The van der Waals surface area contributed by atoms with Crippen molar-refractivity contribution in [3.8, 4) is 28.7 Å². The molecule has 8 heteroatoms. The minimum absolute atomic E-state index is 0.0599. The second-order valence-corrected chi connectivity index (χ2v) is 7.82. The number of hydrogen-bond acceptors (Lipinski definition) is 6. The molecule has 7 nitrogen and oxygen atoms in total. The van der Waals surface area contributed by atoms with E-state index >= 15 is 0 Å². The summed E-state index contributed by atoms with van der Waals surface area (Å²) in [6, 6.07) is 17.9. The van der Waals surface area contributed by atoms with Crippen LogP contribution >= 0.6 is 11.6 Å². The van der Waals surface area contributed by atoms with Crippen molar-refractivity contribution in [3.63, 3.8) is 0 Å². The summed E-state index contributed by atoms with van der Waals surface area (Å²) in [5.41, 5.74) is 1.95. The van der Waals surface area contributed by atoms with Gasteiger partial charge in [-0.25, -0.2) is 4.79 Å². The van der Waals surface area contributed by atoms with Gasteiger partial charge in [0.1, 0.15) is 29.4 Å². The van der Waals surface area contributed by atoms with Crippen LogP contribution in [0.3, 0.4) is 0 Å². The molecule has 1 atom stereocenters. The van der Waals surface area contributed by atoms with Crippen LogP contribution in [0.2, 0.25) is 0 Å². The zero-order chi connectivity index (χ0) is 22.9. The summed E-state index contributed by atoms with van der Waals surface area (Å²) >= 11 is 6.59. The molecule has 0 spiro atoms. The van der Waals surface area contributed by atoms with Crippen LogP contribution in [0, 0.1) is 0 Å². The molecule has 0 aliphatic carbocycles. The molecule has 1 unspecified atom stereocenters. The van der Waals surface area contributed by atoms with E-state index in [0.29, 0.717) is 40.7 Å². The van der Waals surface area contributed by atoms with Gasteiger partial charge in [0.25, 0.3) is 0 Å². The first-order valence-corrected chi connectivity index (χ1v) is 10.5. The number of carboxylic acids is 1. The Morgan fingerprint density at radius 2 is 1.73 bits per heavy atom. The predicted octanol–water partition coefficient (Wildman–Crippen LogP) is 5.17. The average Bonchev–Trinajstić information content (AvgIpc) is 3.31. The average molecular weight is 467 g/mol. The maximum Gasteiger partial charge on any atom is 0.337 e. The second kappa shape index (κ2) is 8.60.